The van der Waals surface area contributed by atoms with Crippen LogP contribution in [0.25, 0.3) is 0 Å². The van der Waals surface area contributed by atoms with Gasteiger partial charge in [-0.15, -0.1) is 0 Å². The quantitative estimate of drug-likeness (QED) is 0.522. The molecule has 1 unspecified atom stereocenters. The van der Waals surface area contributed by atoms with Gasteiger partial charge >= 0.3 is 5.97 Å². The average molecular weight is 254 g/mol. The van der Waals surface area contributed by atoms with Gasteiger partial charge in [0.05, 0.1) is 26.9 Å². The summed E-state index contributed by atoms with van der Waals surface area (Å²) in [4.78, 5) is 11.2. The van der Waals surface area contributed by atoms with Crippen molar-refractivity contribution in [2.75, 3.05) is 26.9 Å². The Bertz CT molecular complexity index is 357. The van der Waals surface area contributed by atoms with Gasteiger partial charge in [0, 0.05) is 13.3 Å². The number of aliphatic carboxylic acids is 1. The second-order valence-electron chi connectivity index (χ2n) is 4.98. The van der Waals surface area contributed by atoms with Crippen molar-refractivity contribution in [1.29, 1.82) is 0 Å². The number of rotatable bonds is 6. The van der Waals surface area contributed by atoms with E-state index in [0.29, 0.717) is 0 Å². The fourth-order valence-electron chi connectivity index (χ4n) is 1.33. The lowest BCUT2D eigenvalue weighted by Gasteiger charge is -2.40. The topological polar surface area (TPSA) is 91.7 Å². The Morgan fingerprint density at radius 3 is 2.00 bits per heavy atom. The third-order valence-electron chi connectivity index (χ3n) is 3.01. The molecule has 0 aliphatic carbocycles. The number of likely N-dealkylation sites (N-methyl/N-ethyl adjacent to an activating group) is 1. The molecule has 1 atom stereocenters. The summed E-state index contributed by atoms with van der Waals surface area (Å²) >= 11 is 0. The van der Waals surface area contributed by atoms with Gasteiger partial charge in [-0.3, -0.25) is 4.55 Å². The molecule has 0 aliphatic heterocycles. The Balaban J connectivity index is 4.68. The summed E-state index contributed by atoms with van der Waals surface area (Å²) in [6.45, 7) is 1.57. The third-order valence-corrected chi connectivity index (χ3v) is 3.81. The van der Waals surface area contributed by atoms with Crippen LogP contribution in [-0.4, -0.2) is 61.0 Å². The summed E-state index contributed by atoms with van der Waals surface area (Å²) in [5.41, 5.74) is -1.06. The van der Waals surface area contributed by atoms with Crippen LogP contribution in [0, 0.1) is 0 Å². The average Bonchev–Trinajstić information content (AvgIpc) is 1.98. The maximum Gasteiger partial charge on any atom is 0.365 e. The van der Waals surface area contributed by atoms with Gasteiger partial charge in [0.2, 0.25) is 0 Å². The summed E-state index contributed by atoms with van der Waals surface area (Å²) in [7, 11) is 1.20. The highest BCUT2D eigenvalue weighted by Crippen LogP contribution is 2.24. The summed E-state index contributed by atoms with van der Waals surface area (Å²) in [6.07, 6.45) is 0.308. The van der Waals surface area contributed by atoms with Gasteiger partial charge in [-0.25, -0.2) is 4.79 Å². The molecule has 0 bridgehead atoms. The minimum Gasteiger partial charge on any atom is -0.477 e. The molecule has 2 N–H and O–H groups in total. The lowest BCUT2D eigenvalue weighted by Crippen LogP contribution is -2.60. The molecule has 0 fully saturated rings. The number of nitrogens with zero attached hydrogens (tertiary/aromatic N) is 1. The van der Waals surface area contributed by atoms with Crippen molar-refractivity contribution in [2.45, 2.75) is 25.3 Å². The Kier molecular flexibility index (Phi) is 4.49. The Morgan fingerprint density at radius 1 is 1.31 bits per heavy atom. The molecule has 0 aromatic heterocycles. The lowest BCUT2D eigenvalue weighted by atomic mass is 9.93. The molecule has 0 saturated carbocycles. The number of hydrogen-bond acceptors (Lipinski definition) is 3. The highest BCUT2D eigenvalue weighted by Gasteiger charge is 2.45. The minimum atomic E-state index is -4.02. The molecule has 0 aromatic rings. The number of hydrogen-bond donors (Lipinski definition) is 2. The molecule has 96 valence electrons. The summed E-state index contributed by atoms with van der Waals surface area (Å²) < 4.78 is 29.8. The zero-order valence-corrected chi connectivity index (χ0v) is 10.9. The molecule has 0 amide bonds. The van der Waals surface area contributed by atoms with Crippen molar-refractivity contribution < 1.29 is 27.4 Å². The van der Waals surface area contributed by atoms with E-state index in [1.54, 1.807) is 28.1 Å². The molecule has 0 heterocycles. The van der Waals surface area contributed by atoms with Crippen LogP contribution in [0.4, 0.5) is 0 Å². The van der Waals surface area contributed by atoms with Crippen LogP contribution in [0.5, 0.6) is 0 Å². The Hall–Kier alpha value is -0.660. The highest BCUT2D eigenvalue weighted by molar-refractivity contribution is 7.85. The molecule has 0 rings (SSSR count). The molecule has 7 heteroatoms. The van der Waals surface area contributed by atoms with Gasteiger partial charge < -0.3 is 9.59 Å². The summed E-state index contributed by atoms with van der Waals surface area (Å²) in [6, 6.07) is 0. The zero-order chi connectivity index (χ0) is 13.2. The van der Waals surface area contributed by atoms with Gasteiger partial charge in [-0.05, 0) is 6.42 Å². The monoisotopic (exact) mass is 254 g/mol. The molecular weight excluding hydrogens is 234 g/mol. The first-order chi connectivity index (χ1) is 6.90. The number of carbonyl (C=O) groups is 1. The van der Waals surface area contributed by atoms with Crippen molar-refractivity contribution in [1.82, 2.24) is 0 Å². The van der Waals surface area contributed by atoms with Crippen LogP contribution in [0.15, 0.2) is 0 Å². The third kappa shape index (κ3) is 4.07. The van der Waals surface area contributed by atoms with Crippen molar-refractivity contribution in [3.63, 3.8) is 0 Å². The fraction of sp³-hybridized carbons (Fsp3) is 0.889. The van der Waals surface area contributed by atoms with Crippen LogP contribution in [0.1, 0.15) is 19.8 Å². The molecule has 0 aromatic carbocycles. The van der Waals surface area contributed by atoms with E-state index in [1.807, 2.05) is 0 Å². The first-order valence-electron chi connectivity index (χ1n) is 4.90. The standard InChI is InChI=1S/C9H19NO5S/c1-9(8(11)12,10(2,3)4)6-5-7-16(13,14)15/h5-7H2,1-4H3,(H-,11,12,13,14,15)/p+1. The van der Waals surface area contributed by atoms with Crippen LogP contribution >= 0.6 is 0 Å². The van der Waals surface area contributed by atoms with E-state index in [9.17, 15) is 13.2 Å². The summed E-state index contributed by atoms with van der Waals surface area (Å²) in [5, 5.41) is 9.17. The molecule has 16 heavy (non-hydrogen) atoms. The van der Waals surface area contributed by atoms with Crippen molar-refractivity contribution >= 4 is 16.1 Å². The van der Waals surface area contributed by atoms with Crippen LogP contribution in [-0.2, 0) is 14.9 Å². The van der Waals surface area contributed by atoms with E-state index < -0.39 is 27.4 Å². The van der Waals surface area contributed by atoms with E-state index in [4.69, 9.17) is 9.66 Å². The van der Waals surface area contributed by atoms with Gasteiger partial charge in [-0.1, -0.05) is 0 Å². The minimum absolute atomic E-state index is 0.122. The first kappa shape index (κ1) is 15.3. The van der Waals surface area contributed by atoms with E-state index in [-0.39, 0.29) is 17.3 Å². The predicted molar refractivity (Wildman–Crippen MR) is 59.7 cm³/mol. The number of carboxylic acid groups (broad SMARTS) is 1. The largest absolute Gasteiger partial charge is 0.477 e. The number of carboxylic acids is 1. The van der Waals surface area contributed by atoms with Crippen molar-refractivity contribution in [2.24, 2.45) is 0 Å². The molecule has 6 nitrogen and oxygen atoms in total. The molecule has 0 saturated heterocycles. The second-order valence-corrected chi connectivity index (χ2v) is 6.55. The molecule has 0 aliphatic rings. The second kappa shape index (κ2) is 4.68. The van der Waals surface area contributed by atoms with Crippen LogP contribution < -0.4 is 0 Å². The van der Waals surface area contributed by atoms with Crippen LogP contribution in [0.3, 0.4) is 0 Å². The Labute approximate surface area is 96.2 Å². The highest BCUT2D eigenvalue weighted by atomic mass is 32.2. The summed E-state index contributed by atoms with van der Waals surface area (Å²) in [5.74, 6) is -1.38. The van der Waals surface area contributed by atoms with E-state index in [0.717, 1.165) is 0 Å². The van der Waals surface area contributed by atoms with Crippen molar-refractivity contribution in [3.05, 3.63) is 0 Å². The van der Waals surface area contributed by atoms with Crippen molar-refractivity contribution in [3.8, 4) is 0 Å². The van der Waals surface area contributed by atoms with E-state index >= 15 is 0 Å². The Morgan fingerprint density at radius 2 is 1.75 bits per heavy atom. The maximum atomic E-state index is 11.2. The smallest absolute Gasteiger partial charge is 0.365 e. The van der Waals surface area contributed by atoms with Crippen LogP contribution in [0.2, 0.25) is 0 Å². The lowest BCUT2D eigenvalue weighted by molar-refractivity contribution is -0.912. The molecule has 0 spiro atoms. The van der Waals surface area contributed by atoms with Gasteiger partial charge in [0.1, 0.15) is 0 Å². The van der Waals surface area contributed by atoms with E-state index in [2.05, 4.69) is 0 Å². The van der Waals surface area contributed by atoms with E-state index in [1.165, 1.54) is 0 Å². The van der Waals surface area contributed by atoms with Gasteiger partial charge in [-0.2, -0.15) is 8.42 Å². The van der Waals surface area contributed by atoms with Gasteiger partial charge in [0.25, 0.3) is 10.1 Å². The maximum absolute atomic E-state index is 11.2. The first-order valence-corrected chi connectivity index (χ1v) is 6.51. The fourth-order valence-corrected chi connectivity index (χ4v) is 1.84. The van der Waals surface area contributed by atoms with Gasteiger partial charge in [0.15, 0.2) is 5.54 Å². The molecule has 0 radical (unpaired) electrons. The predicted octanol–water partition coefficient (Wildman–Crippen LogP) is 0.204. The number of quaternary nitrogens is 1. The normalized spacial score (nSPS) is 16.8. The zero-order valence-electron chi connectivity index (χ0n) is 10.1. The molecular formula is C9H20NO5S+. The SMILES string of the molecule is CC(CCCS(=O)(=O)O)(C(=O)O)[N+](C)(C)C.